The Labute approximate surface area is 158 Å². The molecule has 0 atom stereocenters. The van der Waals surface area contributed by atoms with Gasteiger partial charge in [0.1, 0.15) is 11.6 Å². The predicted molar refractivity (Wildman–Crippen MR) is 104 cm³/mol. The highest BCUT2D eigenvalue weighted by Crippen LogP contribution is 2.21. The van der Waals surface area contributed by atoms with Crippen molar-refractivity contribution in [2.75, 3.05) is 18.5 Å². The van der Waals surface area contributed by atoms with Gasteiger partial charge in [-0.05, 0) is 43.7 Å². The molecule has 0 fully saturated rings. The van der Waals surface area contributed by atoms with E-state index in [-0.39, 0.29) is 10.8 Å². The van der Waals surface area contributed by atoms with Crippen LogP contribution in [0.15, 0.2) is 58.4 Å². The minimum absolute atomic E-state index is 0.0630. The van der Waals surface area contributed by atoms with Crippen LogP contribution in [0.4, 0.5) is 5.69 Å². The molecule has 2 aromatic carbocycles. The van der Waals surface area contributed by atoms with E-state index in [9.17, 15) is 13.2 Å². The predicted octanol–water partition coefficient (Wildman–Crippen LogP) is 2.81. The van der Waals surface area contributed by atoms with E-state index < -0.39 is 10.0 Å². The van der Waals surface area contributed by atoms with Gasteiger partial charge in [0, 0.05) is 18.7 Å². The highest BCUT2D eigenvalue weighted by atomic mass is 32.2. The van der Waals surface area contributed by atoms with Gasteiger partial charge in [-0.2, -0.15) is 0 Å². The van der Waals surface area contributed by atoms with E-state index in [1.807, 2.05) is 6.92 Å². The third-order valence-corrected chi connectivity index (χ3v) is 5.34. The zero-order valence-corrected chi connectivity index (χ0v) is 15.8. The molecule has 0 radical (unpaired) electrons. The van der Waals surface area contributed by atoms with Crippen LogP contribution in [0.25, 0.3) is 0 Å². The number of aliphatic imine (C=N–C) groups is 1. The number of anilines is 1. The Morgan fingerprint density at radius 3 is 2.74 bits per heavy atom. The molecule has 142 valence electrons. The summed E-state index contributed by atoms with van der Waals surface area (Å²) in [5.41, 5.74) is 0.758. The first-order valence-corrected chi connectivity index (χ1v) is 10.2. The van der Waals surface area contributed by atoms with Crippen molar-refractivity contribution in [2.45, 2.75) is 24.7 Å². The summed E-state index contributed by atoms with van der Waals surface area (Å²) in [6.45, 7) is 2.91. The van der Waals surface area contributed by atoms with Gasteiger partial charge in [0.15, 0.2) is 0 Å². The Morgan fingerprint density at radius 1 is 1.19 bits per heavy atom. The summed E-state index contributed by atoms with van der Waals surface area (Å²) < 4.78 is 33.0. The normalized spacial score (nSPS) is 13.7. The molecule has 0 aliphatic carbocycles. The SMILES string of the molecule is CCOc1ccccc1C(=O)Nc1cccc(S(=O)(=O)NC2=NCCC2)c1. The van der Waals surface area contributed by atoms with Crippen molar-refractivity contribution >= 4 is 27.5 Å². The molecule has 0 bridgehead atoms. The smallest absolute Gasteiger partial charge is 0.262 e. The van der Waals surface area contributed by atoms with E-state index in [4.69, 9.17) is 4.74 Å². The van der Waals surface area contributed by atoms with Crippen LogP contribution in [0.1, 0.15) is 30.1 Å². The third kappa shape index (κ3) is 4.65. The number of hydrogen-bond acceptors (Lipinski definition) is 5. The topological polar surface area (TPSA) is 96.9 Å². The number of para-hydroxylation sites is 1. The fourth-order valence-electron chi connectivity index (χ4n) is 2.71. The van der Waals surface area contributed by atoms with Gasteiger partial charge in [0.2, 0.25) is 0 Å². The Bertz CT molecular complexity index is 970. The molecule has 2 aromatic rings. The summed E-state index contributed by atoms with van der Waals surface area (Å²) in [6, 6.07) is 13.0. The Kier molecular flexibility index (Phi) is 5.75. The lowest BCUT2D eigenvalue weighted by atomic mass is 10.2. The zero-order chi connectivity index (χ0) is 19.3. The first-order chi connectivity index (χ1) is 13.0. The molecule has 0 aromatic heterocycles. The fourth-order valence-corrected chi connectivity index (χ4v) is 3.85. The van der Waals surface area contributed by atoms with Gasteiger partial charge in [-0.1, -0.05) is 18.2 Å². The molecule has 0 spiro atoms. The number of nitrogens with zero attached hydrogens (tertiary/aromatic N) is 1. The molecular formula is C19H21N3O4S. The number of rotatable bonds is 6. The summed E-state index contributed by atoms with van der Waals surface area (Å²) in [5, 5.41) is 2.72. The summed E-state index contributed by atoms with van der Waals surface area (Å²) >= 11 is 0. The van der Waals surface area contributed by atoms with Crippen LogP contribution in [0.5, 0.6) is 5.75 Å². The van der Waals surface area contributed by atoms with Gasteiger partial charge < -0.3 is 10.1 Å². The lowest BCUT2D eigenvalue weighted by molar-refractivity contribution is 0.102. The van der Waals surface area contributed by atoms with Crippen LogP contribution >= 0.6 is 0 Å². The largest absolute Gasteiger partial charge is 0.493 e. The molecule has 27 heavy (non-hydrogen) atoms. The molecule has 3 rings (SSSR count). The standard InChI is InChI=1S/C19H21N3O4S/c1-2-26-17-10-4-3-9-16(17)19(23)21-14-7-5-8-15(13-14)27(24,25)22-18-11-6-12-20-18/h3-5,7-10,13H,2,6,11-12H2,1H3,(H,20,22)(H,21,23). The molecule has 2 N–H and O–H groups in total. The molecule has 7 nitrogen and oxygen atoms in total. The maximum absolute atomic E-state index is 12.6. The van der Waals surface area contributed by atoms with E-state index in [2.05, 4.69) is 15.0 Å². The minimum Gasteiger partial charge on any atom is -0.493 e. The number of sulfonamides is 1. The lowest BCUT2D eigenvalue weighted by Gasteiger charge is -2.12. The van der Waals surface area contributed by atoms with Crippen LogP contribution in [-0.2, 0) is 10.0 Å². The number of amidine groups is 1. The highest BCUT2D eigenvalue weighted by Gasteiger charge is 2.19. The molecular weight excluding hydrogens is 366 g/mol. The Hall–Kier alpha value is -2.87. The summed E-state index contributed by atoms with van der Waals surface area (Å²) in [5.74, 6) is 0.569. The molecule has 0 saturated heterocycles. The first kappa shape index (κ1) is 18.9. The molecule has 0 saturated carbocycles. The zero-order valence-electron chi connectivity index (χ0n) is 14.9. The average molecular weight is 387 g/mol. The number of carbonyl (C=O) groups excluding carboxylic acids is 1. The second-order valence-corrected chi connectivity index (χ2v) is 7.63. The number of ether oxygens (including phenoxy) is 1. The average Bonchev–Trinajstić information content (AvgIpc) is 3.15. The highest BCUT2D eigenvalue weighted by molar-refractivity contribution is 7.90. The van der Waals surface area contributed by atoms with E-state index in [1.54, 1.807) is 36.4 Å². The van der Waals surface area contributed by atoms with Crippen LogP contribution in [-0.4, -0.2) is 33.3 Å². The number of carbonyl (C=O) groups is 1. The van der Waals surface area contributed by atoms with Crippen molar-refractivity contribution in [3.63, 3.8) is 0 Å². The maximum atomic E-state index is 12.6. The van der Waals surface area contributed by atoms with Crippen molar-refractivity contribution in [3.05, 3.63) is 54.1 Å². The second-order valence-electron chi connectivity index (χ2n) is 5.95. The number of hydrogen-bond donors (Lipinski definition) is 2. The van der Waals surface area contributed by atoms with Gasteiger partial charge in [0.25, 0.3) is 15.9 Å². The molecule has 1 aliphatic heterocycles. The summed E-state index contributed by atoms with van der Waals surface area (Å²) in [7, 11) is -3.74. The lowest BCUT2D eigenvalue weighted by Crippen LogP contribution is -2.29. The molecule has 8 heteroatoms. The molecule has 0 unspecified atom stereocenters. The van der Waals surface area contributed by atoms with Gasteiger partial charge in [0.05, 0.1) is 17.1 Å². The van der Waals surface area contributed by atoms with Gasteiger partial charge in [-0.25, -0.2) is 8.42 Å². The fraction of sp³-hybridized carbons (Fsp3) is 0.263. The van der Waals surface area contributed by atoms with Crippen molar-refractivity contribution in [1.82, 2.24) is 4.72 Å². The van der Waals surface area contributed by atoms with Crippen molar-refractivity contribution in [1.29, 1.82) is 0 Å². The van der Waals surface area contributed by atoms with E-state index >= 15 is 0 Å². The molecule has 1 amide bonds. The quantitative estimate of drug-likeness (QED) is 0.796. The van der Waals surface area contributed by atoms with Crippen LogP contribution in [0.3, 0.4) is 0 Å². The first-order valence-electron chi connectivity index (χ1n) is 8.69. The summed E-state index contributed by atoms with van der Waals surface area (Å²) in [6.07, 6.45) is 1.46. The van der Waals surface area contributed by atoms with E-state index in [1.165, 1.54) is 12.1 Å². The van der Waals surface area contributed by atoms with Crippen LogP contribution in [0.2, 0.25) is 0 Å². The monoisotopic (exact) mass is 387 g/mol. The molecule has 1 heterocycles. The number of amides is 1. The van der Waals surface area contributed by atoms with E-state index in [0.717, 1.165) is 6.42 Å². The minimum atomic E-state index is -3.74. The van der Waals surface area contributed by atoms with Crippen LogP contribution in [0, 0.1) is 0 Å². The van der Waals surface area contributed by atoms with Gasteiger partial charge in [-0.3, -0.25) is 14.5 Å². The van der Waals surface area contributed by atoms with Gasteiger partial charge >= 0.3 is 0 Å². The summed E-state index contributed by atoms with van der Waals surface area (Å²) in [4.78, 5) is 16.8. The third-order valence-electron chi connectivity index (χ3n) is 3.96. The maximum Gasteiger partial charge on any atom is 0.262 e. The van der Waals surface area contributed by atoms with E-state index in [0.29, 0.717) is 42.4 Å². The van der Waals surface area contributed by atoms with Crippen molar-refractivity contribution in [3.8, 4) is 5.75 Å². The number of nitrogens with one attached hydrogen (secondary N) is 2. The van der Waals surface area contributed by atoms with Crippen molar-refractivity contribution in [2.24, 2.45) is 4.99 Å². The van der Waals surface area contributed by atoms with Gasteiger partial charge in [-0.15, -0.1) is 0 Å². The molecule has 1 aliphatic rings. The van der Waals surface area contributed by atoms with Crippen molar-refractivity contribution < 1.29 is 17.9 Å². The Balaban J connectivity index is 1.79. The number of benzene rings is 2. The Morgan fingerprint density at radius 2 is 2.00 bits per heavy atom. The second kappa shape index (κ2) is 8.22. The van der Waals surface area contributed by atoms with Crippen LogP contribution < -0.4 is 14.8 Å².